The summed E-state index contributed by atoms with van der Waals surface area (Å²) in [7, 11) is 0. The van der Waals surface area contributed by atoms with E-state index < -0.39 is 11.9 Å². The number of aliphatic carboxylic acids is 2. The minimum atomic E-state index is -1.26. The van der Waals surface area contributed by atoms with Gasteiger partial charge in [0.05, 0.1) is 11.4 Å². The van der Waals surface area contributed by atoms with Crippen LogP contribution in [0.3, 0.4) is 0 Å². The zero-order valence-corrected chi connectivity index (χ0v) is 29.2. The number of carbonyl (C=O) groups is 3. The first-order valence-corrected chi connectivity index (χ1v) is 16.5. The van der Waals surface area contributed by atoms with Gasteiger partial charge in [0, 0.05) is 54.7 Å². The number of rotatable bonds is 9. The standard InChI is InChI=1S/C36H42N4O.C4H4O4/c1-23-15-32(16-24(2)27(23)5)34-19-29(7-11-37-34)21-39-36(41)31-9-13-40(14-10-31)22-30-8-12-38-35(20-30)33-17-25(3)28(6)26(4)18-33;5-3(6)1-2-4(7)8/h7-8,11-12,15-20,31H,9-10,13-14,21-22H2,1-6H3,(H,39,41);1-2H,(H,5,6)(H,7,8)/b;2-1-. The highest BCUT2D eigenvalue weighted by molar-refractivity contribution is 5.89. The molecule has 0 saturated carbocycles. The minimum Gasteiger partial charge on any atom is -0.478 e. The smallest absolute Gasteiger partial charge is 0.328 e. The Labute approximate surface area is 288 Å². The van der Waals surface area contributed by atoms with Gasteiger partial charge in [-0.2, -0.15) is 0 Å². The van der Waals surface area contributed by atoms with Gasteiger partial charge in [0.15, 0.2) is 0 Å². The third-order valence-corrected chi connectivity index (χ3v) is 9.29. The van der Waals surface area contributed by atoms with Crippen LogP contribution in [-0.2, 0) is 27.5 Å². The highest BCUT2D eigenvalue weighted by Crippen LogP contribution is 2.26. The SMILES string of the molecule is Cc1cc(-c2cc(CNC(=O)C3CCN(Cc4ccnc(-c5cc(C)c(C)c(C)c5)c4)CC3)ccn2)cc(C)c1C.O=C(O)/C=C\C(=O)O. The first-order chi connectivity index (χ1) is 23.3. The topological polar surface area (TPSA) is 133 Å². The summed E-state index contributed by atoms with van der Waals surface area (Å²) in [6.45, 7) is 16.2. The molecule has 3 N–H and O–H groups in total. The third-order valence-electron chi connectivity index (χ3n) is 9.29. The van der Waals surface area contributed by atoms with Gasteiger partial charge < -0.3 is 15.5 Å². The molecule has 3 heterocycles. The van der Waals surface area contributed by atoms with Gasteiger partial charge in [0.2, 0.25) is 5.91 Å². The Morgan fingerprint density at radius 2 is 1.14 bits per heavy atom. The second-order valence-electron chi connectivity index (χ2n) is 12.8. The number of nitrogens with one attached hydrogen (secondary N) is 1. The molecule has 1 amide bonds. The summed E-state index contributed by atoms with van der Waals surface area (Å²) in [5, 5.41) is 18.8. The Morgan fingerprint density at radius 3 is 1.59 bits per heavy atom. The molecule has 0 unspecified atom stereocenters. The predicted molar refractivity (Wildman–Crippen MR) is 192 cm³/mol. The Balaban J connectivity index is 0.000000603. The van der Waals surface area contributed by atoms with Crippen molar-refractivity contribution in [2.75, 3.05) is 13.1 Å². The number of aromatic nitrogens is 2. The van der Waals surface area contributed by atoms with E-state index >= 15 is 0 Å². The lowest BCUT2D eigenvalue weighted by Gasteiger charge is -2.31. The number of benzene rings is 2. The van der Waals surface area contributed by atoms with Crippen LogP contribution in [0.5, 0.6) is 0 Å². The second-order valence-corrected chi connectivity index (χ2v) is 12.8. The summed E-state index contributed by atoms with van der Waals surface area (Å²) >= 11 is 0. The molecule has 5 rings (SSSR count). The van der Waals surface area contributed by atoms with Crippen LogP contribution >= 0.6 is 0 Å². The highest BCUT2D eigenvalue weighted by Gasteiger charge is 2.25. The fourth-order valence-corrected chi connectivity index (χ4v) is 5.93. The van der Waals surface area contributed by atoms with E-state index in [9.17, 15) is 14.4 Å². The Kier molecular flexibility index (Phi) is 12.6. The van der Waals surface area contributed by atoms with Crippen molar-refractivity contribution in [2.45, 2.75) is 67.5 Å². The normalized spacial score (nSPS) is 13.5. The molecule has 0 atom stereocenters. The molecule has 1 fully saturated rings. The van der Waals surface area contributed by atoms with Crippen LogP contribution in [-0.4, -0.2) is 56.0 Å². The van der Waals surface area contributed by atoms with E-state index in [0.29, 0.717) is 18.7 Å². The van der Waals surface area contributed by atoms with Crippen LogP contribution in [0.25, 0.3) is 22.5 Å². The number of hydrogen-bond acceptors (Lipinski definition) is 6. The zero-order valence-electron chi connectivity index (χ0n) is 29.2. The van der Waals surface area contributed by atoms with E-state index in [1.54, 1.807) is 0 Å². The number of nitrogens with zero attached hydrogens (tertiary/aromatic N) is 3. The number of likely N-dealkylation sites (tertiary alicyclic amines) is 1. The molecule has 0 spiro atoms. The van der Waals surface area contributed by atoms with Crippen molar-refractivity contribution in [3.63, 3.8) is 0 Å². The van der Waals surface area contributed by atoms with Gasteiger partial charge in [-0.3, -0.25) is 19.7 Å². The van der Waals surface area contributed by atoms with Crippen LogP contribution in [0.15, 0.2) is 73.1 Å². The zero-order chi connectivity index (χ0) is 35.7. The van der Waals surface area contributed by atoms with Crippen molar-refractivity contribution in [1.29, 1.82) is 0 Å². The van der Waals surface area contributed by atoms with Gasteiger partial charge in [-0.1, -0.05) is 0 Å². The molecule has 2 aromatic heterocycles. The van der Waals surface area contributed by atoms with Crippen LogP contribution in [0.1, 0.15) is 57.3 Å². The van der Waals surface area contributed by atoms with Gasteiger partial charge in [0.25, 0.3) is 0 Å². The molecule has 4 aromatic rings. The molecule has 0 aliphatic carbocycles. The number of carboxylic acids is 2. The molecular formula is C40H46N4O5. The van der Waals surface area contributed by atoms with Gasteiger partial charge in [0.1, 0.15) is 0 Å². The summed E-state index contributed by atoms with van der Waals surface area (Å²) in [5.41, 5.74) is 14.4. The number of carbonyl (C=O) groups excluding carboxylic acids is 1. The predicted octanol–water partition coefficient (Wildman–Crippen LogP) is 6.90. The largest absolute Gasteiger partial charge is 0.478 e. The lowest BCUT2D eigenvalue weighted by atomic mass is 9.95. The van der Waals surface area contributed by atoms with Crippen molar-refractivity contribution in [3.8, 4) is 22.5 Å². The molecular weight excluding hydrogens is 616 g/mol. The summed E-state index contributed by atoms with van der Waals surface area (Å²) in [6, 6.07) is 17.3. The second kappa shape index (κ2) is 16.8. The van der Waals surface area contributed by atoms with E-state index in [-0.39, 0.29) is 11.8 Å². The molecule has 1 aliphatic heterocycles. The fraction of sp³-hybridized carbons (Fsp3) is 0.325. The van der Waals surface area contributed by atoms with Gasteiger partial charge in [-0.15, -0.1) is 0 Å². The van der Waals surface area contributed by atoms with Crippen molar-refractivity contribution < 1.29 is 24.6 Å². The summed E-state index contributed by atoms with van der Waals surface area (Å²) in [4.78, 5) is 43.9. The Hall–Kier alpha value is -5.15. The van der Waals surface area contributed by atoms with Crippen molar-refractivity contribution >= 4 is 17.8 Å². The number of pyridine rings is 2. The van der Waals surface area contributed by atoms with Gasteiger partial charge >= 0.3 is 11.9 Å². The van der Waals surface area contributed by atoms with Crippen LogP contribution in [0, 0.1) is 47.5 Å². The van der Waals surface area contributed by atoms with E-state index in [2.05, 4.69) is 104 Å². The lowest BCUT2D eigenvalue weighted by molar-refractivity contribution is -0.134. The van der Waals surface area contributed by atoms with Crippen LogP contribution in [0.2, 0.25) is 0 Å². The van der Waals surface area contributed by atoms with Gasteiger partial charge in [-0.25, -0.2) is 9.59 Å². The molecule has 0 radical (unpaired) electrons. The van der Waals surface area contributed by atoms with Crippen molar-refractivity contribution in [3.05, 3.63) is 118 Å². The van der Waals surface area contributed by atoms with Crippen molar-refractivity contribution in [2.24, 2.45) is 5.92 Å². The summed E-state index contributed by atoms with van der Waals surface area (Å²) in [6.07, 6.45) is 6.63. The maximum atomic E-state index is 13.0. The number of carboxylic acid groups (broad SMARTS) is 2. The average molecular weight is 663 g/mol. The maximum absolute atomic E-state index is 13.0. The number of aryl methyl sites for hydroxylation is 4. The molecule has 256 valence electrons. The van der Waals surface area contributed by atoms with E-state index in [1.165, 1.54) is 44.5 Å². The van der Waals surface area contributed by atoms with Gasteiger partial charge in [-0.05, 0) is 161 Å². The van der Waals surface area contributed by atoms with Crippen molar-refractivity contribution in [1.82, 2.24) is 20.2 Å². The first kappa shape index (κ1) is 36.7. The first-order valence-electron chi connectivity index (χ1n) is 16.5. The number of amides is 1. The monoisotopic (exact) mass is 662 g/mol. The maximum Gasteiger partial charge on any atom is 0.328 e. The molecule has 2 aromatic carbocycles. The lowest BCUT2D eigenvalue weighted by Crippen LogP contribution is -2.40. The molecule has 9 heteroatoms. The molecule has 1 aliphatic rings. The van der Waals surface area contributed by atoms with E-state index in [4.69, 9.17) is 10.2 Å². The molecule has 9 nitrogen and oxygen atoms in total. The number of hydrogen-bond donors (Lipinski definition) is 3. The Morgan fingerprint density at radius 1 is 0.714 bits per heavy atom. The Bertz CT molecular complexity index is 1800. The quantitative estimate of drug-likeness (QED) is 0.165. The number of piperidine rings is 1. The summed E-state index contributed by atoms with van der Waals surface area (Å²) < 4.78 is 0. The minimum absolute atomic E-state index is 0.0569. The molecule has 0 bridgehead atoms. The fourth-order valence-electron chi connectivity index (χ4n) is 5.93. The molecule has 49 heavy (non-hydrogen) atoms. The average Bonchev–Trinajstić information content (AvgIpc) is 3.08. The highest BCUT2D eigenvalue weighted by atomic mass is 16.4. The molecule has 1 saturated heterocycles. The van der Waals surface area contributed by atoms with Crippen LogP contribution in [0.4, 0.5) is 0 Å². The van der Waals surface area contributed by atoms with E-state index in [0.717, 1.165) is 55.0 Å². The van der Waals surface area contributed by atoms with E-state index in [1.807, 2.05) is 18.5 Å². The third kappa shape index (κ3) is 10.4. The van der Waals surface area contributed by atoms with Crippen LogP contribution < -0.4 is 5.32 Å². The summed E-state index contributed by atoms with van der Waals surface area (Å²) in [5.74, 6) is -2.30.